The Bertz CT molecular complexity index is 3360. The molecule has 0 spiro atoms. The van der Waals surface area contributed by atoms with Crippen LogP contribution in [0.2, 0.25) is 0 Å². The van der Waals surface area contributed by atoms with Crippen molar-refractivity contribution in [3.63, 3.8) is 0 Å². The van der Waals surface area contributed by atoms with Crippen LogP contribution in [0.5, 0.6) is 34.5 Å². The van der Waals surface area contributed by atoms with E-state index >= 15 is 0 Å². The Morgan fingerprint density at radius 1 is 0.543 bits per heavy atom. The molecule has 9 rings (SSSR count). The minimum atomic E-state index is -0.625. The molecule has 0 saturated heterocycles. The highest BCUT2D eigenvalue weighted by Crippen LogP contribution is 2.26. The normalized spacial score (nSPS) is 10.7. The molecule has 3 aromatic heterocycles. The number of H-pyrrole nitrogens is 1. The Morgan fingerprint density at radius 3 is 1.41 bits per heavy atom. The van der Waals surface area contributed by atoms with E-state index in [0.29, 0.717) is 84.7 Å². The SMILES string of the molecule is CCCNC(=O)CN(Cc1ccc(OCCc2nc(-c3ccccc3)oc2C)cc1)C(=O)Oc1ccc(OC)cc1.COc1ccc(OC(=O)N(Cc2ccc(OCCc3nc(-c4ccccc4)oc3C)cc2)Cc2nn[nH]n2)cc1. The van der Waals surface area contributed by atoms with Gasteiger partial charge in [-0.1, -0.05) is 72.8 Å². The van der Waals surface area contributed by atoms with E-state index < -0.39 is 12.2 Å². The highest BCUT2D eigenvalue weighted by atomic mass is 16.6. The Kier molecular flexibility index (Phi) is 20.6. The number of carbonyl (C=O) groups is 3. The van der Waals surface area contributed by atoms with Crippen molar-refractivity contribution in [2.24, 2.45) is 0 Å². The standard InChI is InChI=1S/C32H35N3O6.C29H28N6O5/c1-4-19-33-30(36)22-35(32(37)41-28-16-14-26(38-3)15-17-28)21-24-10-12-27(13-11-24)39-20-18-29-23(2)40-31(34-29)25-8-6-5-7-9-25;1-20-26(30-28(39-20)22-6-4-3-5-7-22)16-17-38-24-10-8-21(9-11-24)18-35(19-27-31-33-34-32-27)29(36)40-25-14-12-23(37-2)13-15-25/h5-17H,4,18-22H2,1-3H3,(H,33,36);3-15H,16-19H2,1-2H3,(H,31,32,33,34). The monoisotopic (exact) mass is 1100 g/mol. The van der Waals surface area contributed by atoms with Gasteiger partial charge < -0.3 is 42.6 Å². The smallest absolute Gasteiger partial charge is 0.416 e. The van der Waals surface area contributed by atoms with Gasteiger partial charge in [-0.3, -0.25) is 14.6 Å². The molecule has 81 heavy (non-hydrogen) atoms. The van der Waals surface area contributed by atoms with Crippen LogP contribution in [0.4, 0.5) is 9.59 Å². The van der Waals surface area contributed by atoms with Crippen molar-refractivity contribution in [2.75, 3.05) is 40.5 Å². The number of nitrogens with one attached hydrogen (secondary N) is 2. The molecule has 3 amide bonds. The average Bonchev–Trinajstić information content (AvgIpc) is 4.30. The molecule has 0 unspecified atom stereocenters. The van der Waals surface area contributed by atoms with Crippen LogP contribution in [0.3, 0.4) is 0 Å². The number of tetrazole rings is 1. The van der Waals surface area contributed by atoms with Gasteiger partial charge in [0, 0.05) is 43.6 Å². The number of aromatic amines is 1. The Hall–Kier alpha value is -9.98. The average molecular weight is 1100 g/mol. The largest absolute Gasteiger partial charge is 0.497 e. The number of benzene rings is 6. The summed E-state index contributed by atoms with van der Waals surface area (Å²) in [4.78, 5) is 50.5. The van der Waals surface area contributed by atoms with Crippen LogP contribution < -0.4 is 33.7 Å². The minimum Gasteiger partial charge on any atom is -0.497 e. The summed E-state index contributed by atoms with van der Waals surface area (Å²) in [6.45, 7) is 7.63. The lowest BCUT2D eigenvalue weighted by molar-refractivity contribution is -0.122. The first-order valence-corrected chi connectivity index (χ1v) is 26.2. The second-order valence-corrected chi connectivity index (χ2v) is 18.2. The van der Waals surface area contributed by atoms with Gasteiger partial charge >= 0.3 is 12.2 Å². The van der Waals surface area contributed by atoms with Gasteiger partial charge in [-0.15, -0.1) is 10.2 Å². The van der Waals surface area contributed by atoms with E-state index in [-0.39, 0.29) is 32.1 Å². The van der Waals surface area contributed by atoms with Gasteiger partial charge in [0.1, 0.15) is 52.6 Å². The van der Waals surface area contributed by atoms with Crippen molar-refractivity contribution >= 4 is 18.1 Å². The quantitative estimate of drug-likeness (QED) is 0.0573. The van der Waals surface area contributed by atoms with Crippen LogP contribution >= 0.6 is 0 Å². The predicted molar refractivity (Wildman–Crippen MR) is 300 cm³/mol. The number of amides is 3. The number of hydrogen-bond donors (Lipinski definition) is 2. The first-order chi connectivity index (χ1) is 39.5. The second kappa shape index (κ2) is 29.1. The van der Waals surface area contributed by atoms with Gasteiger partial charge in [0.05, 0.1) is 45.4 Å². The summed E-state index contributed by atoms with van der Waals surface area (Å²) in [6, 6.07) is 48.0. The highest BCUT2D eigenvalue weighted by molar-refractivity contribution is 5.83. The molecule has 20 heteroatoms. The van der Waals surface area contributed by atoms with Crippen LogP contribution in [-0.4, -0.2) is 99.0 Å². The third-order valence-corrected chi connectivity index (χ3v) is 12.3. The van der Waals surface area contributed by atoms with Crippen molar-refractivity contribution in [1.29, 1.82) is 0 Å². The number of hydrogen-bond acceptors (Lipinski definition) is 16. The molecule has 0 atom stereocenters. The predicted octanol–water partition coefficient (Wildman–Crippen LogP) is 10.8. The molecule has 9 aromatic rings. The van der Waals surface area contributed by atoms with Crippen LogP contribution in [-0.2, 0) is 37.3 Å². The molecule has 0 radical (unpaired) electrons. The van der Waals surface area contributed by atoms with E-state index in [1.54, 1.807) is 62.8 Å². The van der Waals surface area contributed by atoms with Crippen molar-refractivity contribution < 1.29 is 51.6 Å². The number of aromatic nitrogens is 6. The van der Waals surface area contributed by atoms with Gasteiger partial charge in [-0.05, 0) is 128 Å². The van der Waals surface area contributed by atoms with Crippen molar-refractivity contribution in [3.8, 4) is 57.4 Å². The van der Waals surface area contributed by atoms with Crippen LogP contribution in [0.25, 0.3) is 22.9 Å². The lowest BCUT2D eigenvalue weighted by atomic mass is 10.2. The minimum absolute atomic E-state index is 0.117. The van der Waals surface area contributed by atoms with Gasteiger partial charge in [0.15, 0.2) is 5.82 Å². The van der Waals surface area contributed by atoms with E-state index in [0.717, 1.165) is 51.6 Å². The lowest BCUT2D eigenvalue weighted by Crippen LogP contribution is -2.41. The van der Waals surface area contributed by atoms with E-state index in [1.165, 1.54) is 9.80 Å². The van der Waals surface area contributed by atoms with Crippen LogP contribution in [0.15, 0.2) is 167 Å². The molecule has 418 valence electrons. The summed E-state index contributed by atoms with van der Waals surface area (Å²) in [7, 11) is 3.14. The van der Waals surface area contributed by atoms with Crippen LogP contribution in [0, 0.1) is 13.8 Å². The number of carbonyl (C=O) groups excluding carboxylic acids is 3. The summed E-state index contributed by atoms with van der Waals surface area (Å²) in [5.41, 5.74) is 5.29. The van der Waals surface area contributed by atoms with E-state index in [9.17, 15) is 14.4 Å². The molecule has 20 nitrogen and oxygen atoms in total. The molecule has 0 fully saturated rings. The molecule has 3 heterocycles. The number of ether oxygens (including phenoxy) is 6. The fourth-order valence-corrected chi connectivity index (χ4v) is 7.98. The zero-order valence-corrected chi connectivity index (χ0v) is 45.7. The molecular weight excluding hydrogens is 1030 g/mol. The summed E-state index contributed by atoms with van der Waals surface area (Å²) in [5.74, 6) is 6.33. The second-order valence-electron chi connectivity index (χ2n) is 18.2. The Balaban J connectivity index is 0.000000212. The topological polar surface area (TPSA) is 232 Å². The third-order valence-electron chi connectivity index (χ3n) is 12.3. The van der Waals surface area contributed by atoms with Gasteiger partial charge in [0.25, 0.3) is 0 Å². The first kappa shape index (κ1) is 57.2. The molecular formula is C61H63N9O11. The zero-order chi connectivity index (χ0) is 56.8. The summed E-state index contributed by atoms with van der Waals surface area (Å²) in [5, 5.41) is 16.7. The van der Waals surface area contributed by atoms with E-state index in [4.69, 9.17) is 37.3 Å². The van der Waals surface area contributed by atoms with E-state index in [2.05, 4.69) is 35.9 Å². The molecule has 2 N–H and O–H groups in total. The molecule has 0 aliphatic heterocycles. The number of aryl methyl sites for hydroxylation is 2. The fourth-order valence-electron chi connectivity index (χ4n) is 7.98. The maximum absolute atomic E-state index is 13.0. The van der Waals surface area contributed by atoms with Gasteiger partial charge in [-0.2, -0.15) is 5.21 Å². The molecule has 0 bridgehead atoms. The van der Waals surface area contributed by atoms with Crippen molar-refractivity contribution in [1.82, 2.24) is 45.7 Å². The molecule has 0 aliphatic carbocycles. The fraction of sp³-hybridized carbons (Fsp3) is 0.246. The van der Waals surface area contributed by atoms with Gasteiger partial charge in [0.2, 0.25) is 17.7 Å². The van der Waals surface area contributed by atoms with Crippen LogP contribution in [0.1, 0.15) is 53.2 Å². The number of nitrogens with zero attached hydrogens (tertiary/aromatic N) is 7. The highest BCUT2D eigenvalue weighted by Gasteiger charge is 2.22. The van der Waals surface area contributed by atoms with Crippen molar-refractivity contribution in [3.05, 3.63) is 198 Å². The maximum Gasteiger partial charge on any atom is 0.416 e. The third kappa shape index (κ3) is 17.3. The molecule has 6 aromatic carbocycles. The maximum atomic E-state index is 13.0. The zero-order valence-electron chi connectivity index (χ0n) is 45.7. The Morgan fingerprint density at radius 2 is 0.975 bits per heavy atom. The lowest BCUT2D eigenvalue weighted by Gasteiger charge is -2.22. The summed E-state index contributed by atoms with van der Waals surface area (Å²) >= 11 is 0. The number of methoxy groups -OCH3 is 2. The molecule has 0 aliphatic rings. The number of rotatable bonds is 24. The first-order valence-electron chi connectivity index (χ1n) is 26.2. The summed E-state index contributed by atoms with van der Waals surface area (Å²) in [6.07, 6.45) is 0.836. The number of oxazole rings is 2. The van der Waals surface area contributed by atoms with Crippen molar-refractivity contribution in [2.45, 2.75) is 59.7 Å². The summed E-state index contributed by atoms with van der Waals surface area (Å²) < 4.78 is 44.9. The van der Waals surface area contributed by atoms with Gasteiger partial charge in [-0.25, -0.2) is 19.6 Å². The Labute approximate surface area is 468 Å². The molecule has 0 saturated carbocycles. The van der Waals surface area contributed by atoms with E-state index in [1.807, 2.05) is 130 Å².